The van der Waals surface area contributed by atoms with Crippen LogP contribution in [0.2, 0.25) is 0 Å². The van der Waals surface area contributed by atoms with E-state index in [1.54, 1.807) is 0 Å². The molecule has 2 aromatic carbocycles. The number of furan rings is 1. The zero-order valence-corrected chi connectivity index (χ0v) is 16.6. The Kier molecular flexibility index (Phi) is 4.01. The highest BCUT2D eigenvalue weighted by Gasteiger charge is 2.28. The molecule has 8 heteroatoms. The Bertz CT molecular complexity index is 1190. The van der Waals surface area contributed by atoms with Crippen molar-refractivity contribution in [2.75, 3.05) is 5.32 Å². The number of nitrogens with one attached hydrogen (secondary N) is 1. The van der Waals surface area contributed by atoms with E-state index >= 15 is 0 Å². The minimum Gasteiger partial charge on any atom is -0.451 e. The molecule has 7 nitrogen and oxygen atoms in total. The van der Waals surface area contributed by atoms with Crippen molar-refractivity contribution >= 4 is 38.5 Å². The molecule has 0 aliphatic heterocycles. The first-order valence-corrected chi connectivity index (χ1v) is 9.78. The first-order valence-electron chi connectivity index (χ1n) is 8.98. The van der Waals surface area contributed by atoms with Gasteiger partial charge < -0.3 is 9.73 Å². The van der Waals surface area contributed by atoms with Gasteiger partial charge in [0.1, 0.15) is 5.58 Å². The lowest BCUT2D eigenvalue weighted by Crippen LogP contribution is -2.12. The van der Waals surface area contributed by atoms with Crippen LogP contribution in [0.4, 0.5) is 5.69 Å². The quantitative estimate of drug-likeness (QED) is 0.497. The molecule has 0 bridgehead atoms. The van der Waals surface area contributed by atoms with Crippen molar-refractivity contribution in [3.63, 3.8) is 0 Å². The van der Waals surface area contributed by atoms with Gasteiger partial charge >= 0.3 is 0 Å². The van der Waals surface area contributed by atoms with Gasteiger partial charge in [-0.15, -0.1) is 5.10 Å². The van der Waals surface area contributed by atoms with E-state index in [1.807, 2.05) is 54.1 Å². The molecule has 5 rings (SSSR count). The number of tetrazole rings is 1. The van der Waals surface area contributed by atoms with Gasteiger partial charge in [0.15, 0.2) is 11.6 Å². The summed E-state index contributed by atoms with van der Waals surface area (Å²) in [5, 5.41) is 15.8. The maximum atomic E-state index is 12.7. The number of amides is 1. The Morgan fingerprint density at radius 3 is 2.75 bits per heavy atom. The van der Waals surface area contributed by atoms with Crippen LogP contribution in [0, 0.1) is 6.92 Å². The van der Waals surface area contributed by atoms with Crippen LogP contribution in [0.3, 0.4) is 0 Å². The zero-order valence-electron chi connectivity index (χ0n) is 15.0. The molecule has 1 fully saturated rings. The van der Waals surface area contributed by atoms with E-state index in [1.165, 1.54) is 0 Å². The second-order valence-corrected chi connectivity index (χ2v) is 7.82. The van der Waals surface area contributed by atoms with Crippen molar-refractivity contribution < 1.29 is 9.21 Å². The van der Waals surface area contributed by atoms with Gasteiger partial charge in [-0.05, 0) is 72.7 Å². The van der Waals surface area contributed by atoms with E-state index < -0.39 is 0 Å². The van der Waals surface area contributed by atoms with Crippen LogP contribution < -0.4 is 5.32 Å². The van der Waals surface area contributed by atoms with Crippen LogP contribution in [0.25, 0.3) is 22.4 Å². The Morgan fingerprint density at radius 1 is 1.21 bits per heavy atom. The van der Waals surface area contributed by atoms with Gasteiger partial charge in [0.2, 0.25) is 0 Å². The fraction of sp³-hybridized carbons (Fsp3) is 0.200. The van der Waals surface area contributed by atoms with E-state index in [-0.39, 0.29) is 5.91 Å². The highest BCUT2D eigenvalue weighted by atomic mass is 79.9. The lowest BCUT2D eigenvalue weighted by Gasteiger charge is -2.06. The zero-order chi connectivity index (χ0) is 19.3. The maximum Gasteiger partial charge on any atom is 0.291 e. The number of nitrogens with zero attached hydrogens (tertiary/aromatic N) is 4. The van der Waals surface area contributed by atoms with Gasteiger partial charge in [-0.1, -0.05) is 15.9 Å². The summed E-state index contributed by atoms with van der Waals surface area (Å²) in [4.78, 5) is 12.7. The van der Waals surface area contributed by atoms with Crippen LogP contribution in [0.15, 0.2) is 51.4 Å². The Morgan fingerprint density at radius 2 is 2.00 bits per heavy atom. The van der Waals surface area contributed by atoms with Crippen molar-refractivity contribution in [1.82, 2.24) is 20.2 Å². The molecule has 1 aliphatic rings. The number of rotatable bonds is 4. The second kappa shape index (κ2) is 6.56. The summed E-state index contributed by atoms with van der Waals surface area (Å²) in [5.41, 5.74) is 3.10. The molecule has 0 spiro atoms. The van der Waals surface area contributed by atoms with E-state index in [9.17, 15) is 4.79 Å². The van der Waals surface area contributed by atoms with E-state index in [0.29, 0.717) is 23.1 Å². The molecular weight excluding hydrogens is 422 g/mol. The number of aromatic nitrogens is 4. The van der Waals surface area contributed by atoms with Crippen molar-refractivity contribution in [2.45, 2.75) is 25.8 Å². The number of fused-ring (bicyclic) bond motifs is 1. The molecule has 2 aromatic heterocycles. The average Bonchev–Trinajstić information content (AvgIpc) is 3.33. The molecular formula is C20H16BrN5O2. The highest BCUT2D eigenvalue weighted by Crippen LogP contribution is 2.36. The predicted molar refractivity (Wildman–Crippen MR) is 108 cm³/mol. The monoisotopic (exact) mass is 437 g/mol. The standard InChI is InChI=1S/C20H16BrN5O2/c1-11-16-10-13(21)4-9-17(16)28-18(11)20(27)22-14-5-2-12(3-6-14)19-23-24-25-26(19)15-7-8-15/h2-6,9-10,15H,7-8H2,1H3,(H,22,27). The molecule has 1 saturated carbocycles. The van der Waals surface area contributed by atoms with Crippen LogP contribution in [0.1, 0.15) is 35.0 Å². The molecule has 140 valence electrons. The van der Waals surface area contributed by atoms with E-state index in [4.69, 9.17) is 4.42 Å². The van der Waals surface area contributed by atoms with Crippen molar-refractivity contribution in [1.29, 1.82) is 0 Å². The van der Waals surface area contributed by atoms with Gasteiger partial charge in [0, 0.05) is 26.7 Å². The van der Waals surface area contributed by atoms with Crippen LogP contribution in [-0.4, -0.2) is 26.1 Å². The number of halogens is 1. The summed E-state index contributed by atoms with van der Waals surface area (Å²) >= 11 is 3.45. The van der Waals surface area contributed by atoms with Crippen LogP contribution >= 0.6 is 15.9 Å². The lowest BCUT2D eigenvalue weighted by molar-refractivity contribution is 0.0998. The predicted octanol–water partition coefficient (Wildman–Crippen LogP) is 4.74. The topological polar surface area (TPSA) is 85.8 Å². The summed E-state index contributed by atoms with van der Waals surface area (Å²) in [5.74, 6) is 0.786. The molecule has 1 N–H and O–H groups in total. The van der Waals surface area contributed by atoms with E-state index in [0.717, 1.165) is 39.7 Å². The third-order valence-corrected chi connectivity index (χ3v) is 5.38. The normalized spacial score (nSPS) is 13.8. The number of benzene rings is 2. The largest absolute Gasteiger partial charge is 0.451 e. The third kappa shape index (κ3) is 2.99. The SMILES string of the molecule is Cc1c(C(=O)Nc2ccc(-c3nnnn3C3CC3)cc2)oc2ccc(Br)cc12. The van der Waals surface area contributed by atoms with Gasteiger partial charge in [-0.3, -0.25) is 4.79 Å². The number of hydrogen-bond donors (Lipinski definition) is 1. The highest BCUT2D eigenvalue weighted by molar-refractivity contribution is 9.10. The number of anilines is 1. The molecule has 2 heterocycles. The molecule has 0 atom stereocenters. The lowest BCUT2D eigenvalue weighted by atomic mass is 10.1. The number of carbonyl (C=O) groups excluding carboxylic acids is 1. The minimum atomic E-state index is -0.277. The Hall–Kier alpha value is -3.00. The summed E-state index contributed by atoms with van der Waals surface area (Å²) in [7, 11) is 0. The van der Waals surface area contributed by atoms with Crippen molar-refractivity contribution in [3.8, 4) is 11.4 Å². The van der Waals surface area contributed by atoms with Gasteiger partial charge in [0.05, 0.1) is 6.04 Å². The molecule has 4 aromatic rings. The van der Waals surface area contributed by atoms with Gasteiger partial charge in [-0.25, -0.2) is 4.68 Å². The Balaban J connectivity index is 1.38. The molecule has 28 heavy (non-hydrogen) atoms. The fourth-order valence-electron chi connectivity index (χ4n) is 3.25. The summed E-state index contributed by atoms with van der Waals surface area (Å²) in [6.45, 7) is 1.88. The second-order valence-electron chi connectivity index (χ2n) is 6.91. The van der Waals surface area contributed by atoms with Crippen LogP contribution in [-0.2, 0) is 0 Å². The van der Waals surface area contributed by atoms with E-state index in [2.05, 4.69) is 36.8 Å². The first kappa shape index (κ1) is 17.1. The molecule has 0 unspecified atom stereocenters. The van der Waals surface area contributed by atoms with Crippen LogP contribution in [0.5, 0.6) is 0 Å². The van der Waals surface area contributed by atoms with Crippen molar-refractivity contribution in [2.24, 2.45) is 0 Å². The minimum absolute atomic E-state index is 0.277. The molecule has 1 aliphatic carbocycles. The molecule has 0 saturated heterocycles. The molecule has 0 radical (unpaired) electrons. The summed E-state index contributed by atoms with van der Waals surface area (Å²) in [6.07, 6.45) is 2.22. The number of carbonyl (C=O) groups is 1. The fourth-order valence-corrected chi connectivity index (χ4v) is 3.61. The third-order valence-electron chi connectivity index (χ3n) is 4.89. The number of hydrogen-bond acceptors (Lipinski definition) is 5. The van der Waals surface area contributed by atoms with Crippen molar-refractivity contribution in [3.05, 3.63) is 58.3 Å². The maximum absolute atomic E-state index is 12.7. The Labute approximate surface area is 168 Å². The first-order chi connectivity index (χ1) is 13.6. The molecule has 1 amide bonds. The summed E-state index contributed by atoms with van der Waals surface area (Å²) in [6, 6.07) is 13.6. The van der Waals surface area contributed by atoms with Gasteiger partial charge in [-0.2, -0.15) is 0 Å². The number of aryl methyl sites for hydroxylation is 1. The summed E-state index contributed by atoms with van der Waals surface area (Å²) < 4.78 is 8.57. The smallest absolute Gasteiger partial charge is 0.291 e. The van der Waals surface area contributed by atoms with Gasteiger partial charge in [0.25, 0.3) is 5.91 Å². The average molecular weight is 438 g/mol.